The first-order valence-electron chi connectivity index (χ1n) is 11.1. The van der Waals surface area contributed by atoms with Crippen molar-refractivity contribution in [2.24, 2.45) is 0 Å². The van der Waals surface area contributed by atoms with Crippen molar-refractivity contribution in [3.05, 3.63) is 59.0 Å². The van der Waals surface area contributed by atoms with E-state index in [9.17, 15) is 4.39 Å². The molecule has 10 heteroatoms. The first-order chi connectivity index (χ1) is 16.5. The van der Waals surface area contributed by atoms with Crippen LogP contribution in [0.3, 0.4) is 0 Å². The summed E-state index contributed by atoms with van der Waals surface area (Å²) < 4.78 is 17.1. The van der Waals surface area contributed by atoms with E-state index in [2.05, 4.69) is 37.2 Å². The average Bonchev–Trinajstić information content (AvgIpc) is 3.63. The van der Waals surface area contributed by atoms with Crippen molar-refractivity contribution in [1.29, 1.82) is 0 Å². The van der Waals surface area contributed by atoms with Gasteiger partial charge in [-0.2, -0.15) is 5.10 Å². The molecule has 176 valence electrons. The number of nitrogens with zero attached hydrogens (tertiary/aromatic N) is 4. The van der Waals surface area contributed by atoms with Crippen LogP contribution in [0.1, 0.15) is 18.5 Å². The maximum Gasteiger partial charge on any atom is 0.186 e. The van der Waals surface area contributed by atoms with Crippen LogP contribution in [0.2, 0.25) is 5.02 Å². The van der Waals surface area contributed by atoms with Crippen LogP contribution in [0.25, 0.3) is 22.4 Å². The zero-order valence-corrected chi connectivity index (χ0v) is 20.5. The zero-order chi connectivity index (χ0) is 23.7. The molecule has 1 saturated carbocycles. The van der Waals surface area contributed by atoms with Gasteiger partial charge in [0, 0.05) is 41.1 Å². The molecule has 5 rings (SSSR count). The minimum atomic E-state index is -0.321. The Bertz CT molecular complexity index is 1310. The number of anilines is 2. The topological polar surface area (TPSA) is 81.8 Å². The predicted octanol–water partition coefficient (Wildman–Crippen LogP) is 5.75. The van der Waals surface area contributed by atoms with Crippen molar-refractivity contribution in [2.45, 2.75) is 30.7 Å². The molecule has 0 spiro atoms. The maximum atomic E-state index is 13.9. The lowest BCUT2D eigenvalue weighted by atomic mass is 10.2. The van der Waals surface area contributed by atoms with Gasteiger partial charge in [0.1, 0.15) is 11.6 Å². The number of aromatic amines is 1. The molecule has 0 unspecified atom stereocenters. The Labute approximate surface area is 206 Å². The third-order valence-electron chi connectivity index (χ3n) is 5.84. The zero-order valence-electron chi connectivity index (χ0n) is 18.9. The van der Waals surface area contributed by atoms with Gasteiger partial charge in [-0.3, -0.25) is 5.10 Å². The van der Waals surface area contributed by atoms with Crippen molar-refractivity contribution in [2.75, 3.05) is 30.2 Å². The van der Waals surface area contributed by atoms with Gasteiger partial charge >= 0.3 is 0 Å². The van der Waals surface area contributed by atoms with Crippen LogP contribution in [0, 0.1) is 12.7 Å². The molecule has 0 amide bonds. The van der Waals surface area contributed by atoms with Crippen LogP contribution in [-0.4, -0.2) is 51.2 Å². The number of fused-ring (bicyclic) bond motifs is 1. The lowest BCUT2D eigenvalue weighted by molar-refractivity contribution is 0.337. The molecule has 0 radical (unpaired) electrons. The quantitative estimate of drug-likeness (QED) is 0.254. The van der Waals surface area contributed by atoms with Crippen LogP contribution in [0.5, 0.6) is 0 Å². The summed E-state index contributed by atoms with van der Waals surface area (Å²) in [5.74, 6) is 1.06. The van der Waals surface area contributed by atoms with Crippen LogP contribution in [0.15, 0.2) is 47.4 Å². The molecule has 1 aliphatic rings. The van der Waals surface area contributed by atoms with Gasteiger partial charge in [0.15, 0.2) is 11.5 Å². The Hall–Kier alpha value is -2.88. The van der Waals surface area contributed by atoms with Crippen molar-refractivity contribution in [1.82, 2.24) is 25.1 Å². The molecule has 34 heavy (non-hydrogen) atoms. The van der Waals surface area contributed by atoms with Crippen molar-refractivity contribution < 1.29 is 4.39 Å². The van der Waals surface area contributed by atoms with E-state index in [4.69, 9.17) is 16.6 Å². The lowest BCUT2D eigenvalue weighted by Crippen LogP contribution is -2.27. The predicted molar refractivity (Wildman–Crippen MR) is 137 cm³/mol. The number of aromatic nitrogens is 4. The molecule has 1 fully saturated rings. The maximum absolute atomic E-state index is 13.9. The summed E-state index contributed by atoms with van der Waals surface area (Å²) in [6, 6.07) is 12.9. The van der Waals surface area contributed by atoms with Gasteiger partial charge in [0.25, 0.3) is 0 Å². The highest BCUT2D eigenvalue weighted by atomic mass is 35.5. The normalized spacial score (nSPS) is 13.6. The van der Waals surface area contributed by atoms with E-state index in [1.54, 1.807) is 6.07 Å². The fourth-order valence-electron chi connectivity index (χ4n) is 3.73. The molecule has 2 aromatic carbocycles. The van der Waals surface area contributed by atoms with Gasteiger partial charge in [-0.1, -0.05) is 11.6 Å². The van der Waals surface area contributed by atoms with Gasteiger partial charge in [0.2, 0.25) is 0 Å². The smallest absolute Gasteiger partial charge is 0.186 e. The summed E-state index contributed by atoms with van der Waals surface area (Å²) in [6.45, 7) is 3.72. The summed E-state index contributed by atoms with van der Waals surface area (Å²) >= 11 is 7.14. The van der Waals surface area contributed by atoms with E-state index in [1.165, 1.54) is 36.9 Å². The minimum absolute atomic E-state index is 0.321. The van der Waals surface area contributed by atoms with Gasteiger partial charge in [0.05, 0.1) is 10.3 Å². The largest absolute Gasteiger partial charge is 0.368 e. The van der Waals surface area contributed by atoms with E-state index in [0.717, 1.165) is 47.3 Å². The fourth-order valence-corrected chi connectivity index (χ4v) is 4.68. The summed E-state index contributed by atoms with van der Waals surface area (Å²) in [6.07, 6.45) is 2.58. The number of H-pyrrole nitrogens is 1. The molecule has 0 atom stereocenters. The molecule has 3 N–H and O–H groups in total. The molecular formula is C24H25ClFN7S. The summed E-state index contributed by atoms with van der Waals surface area (Å²) in [5, 5.41) is 12.3. The third-order valence-corrected chi connectivity index (χ3v) is 6.94. The first-order valence-corrected chi connectivity index (χ1v) is 12.3. The second kappa shape index (κ2) is 9.77. The molecule has 0 bridgehead atoms. The number of hydrogen-bond acceptors (Lipinski definition) is 7. The van der Waals surface area contributed by atoms with Crippen LogP contribution >= 0.6 is 23.5 Å². The Kier molecular flexibility index (Phi) is 6.58. The lowest BCUT2D eigenvalue weighted by Gasteiger charge is -2.16. The molecule has 2 aromatic heterocycles. The molecule has 1 aliphatic carbocycles. The van der Waals surface area contributed by atoms with Gasteiger partial charge < -0.3 is 14.9 Å². The van der Waals surface area contributed by atoms with E-state index in [0.29, 0.717) is 21.4 Å². The van der Waals surface area contributed by atoms with Crippen molar-refractivity contribution in [3.63, 3.8) is 0 Å². The molecule has 7 nitrogen and oxygen atoms in total. The van der Waals surface area contributed by atoms with E-state index >= 15 is 0 Å². The monoisotopic (exact) mass is 497 g/mol. The number of aryl methyl sites for hydroxylation is 1. The Morgan fingerprint density at radius 1 is 1.18 bits per heavy atom. The van der Waals surface area contributed by atoms with Crippen molar-refractivity contribution in [3.8, 4) is 11.4 Å². The highest BCUT2D eigenvalue weighted by molar-refractivity contribution is 8.00. The van der Waals surface area contributed by atoms with E-state index in [1.807, 2.05) is 31.2 Å². The second-order valence-electron chi connectivity index (χ2n) is 8.44. The summed E-state index contributed by atoms with van der Waals surface area (Å²) in [7, 11) is 2.16. The van der Waals surface area contributed by atoms with Crippen molar-refractivity contribution >= 4 is 46.1 Å². The van der Waals surface area contributed by atoms with Gasteiger partial charge in [-0.15, -0.1) is 0 Å². The SMILES string of the molecule is Cc1[nH]nc2nc(-c3ccc(NSc4cc(Cl)ccc4F)cc3)nc(NCCN(C)C3CC3)c12. The number of halogens is 2. The van der Waals surface area contributed by atoms with E-state index < -0.39 is 0 Å². The number of likely N-dealkylation sites (N-methyl/N-ethyl adjacent to an activating group) is 1. The molecule has 0 saturated heterocycles. The Morgan fingerprint density at radius 3 is 2.74 bits per heavy atom. The van der Waals surface area contributed by atoms with Crippen LogP contribution < -0.4 is 10.0 Å². The third kappa shape index (κ3) is 5.11. The van der Waals surface area contributed by atoms with E-state index in [-0.39, 0.29) is 5.82 Å². The number of hydrogen-bond donors (Lipinski definition) is 3. The minimum Gasteiger partial charge on any atom is -0.368 e. The molecular weight excluding hydrogens is 473 g/mol. The molecule has 0 aliphatic heterocycles. The van der Waals surface area contributed by atoms with Crippen LogP contribution in [0.4, 0.5) is 15.9 Å². The Balaban J connectivity index is 1.32. The fraction of sp³-hybridized carbons (Fsp3) is 0.292. The van der Waals surface area contributed by atoms with Gasteiger partial charge in [-0.05, 0) is 81.2 Å². The standard InChI is InChI=1S/C24H25ClFN7S/c1-14-21-23(27-11-12-33(2)18-8-9-18)28-22(29-24(21)31-30-14)15-3-6-17(7-4-15)32-34-20-13-16(25)5-10-19(20)26/h3-7,10,13,18,32H,8-9,11-12H2,1-2H3,(H2,27,28,29,30,31). The number of rotatable bonds is 9. The van der Waals surface area contributed by atoms with Crippen LogP contribution in [-0.2, 0) is 0 Å². The summed E-state index contributed by atoms with van der Waals surface area (Å²) in [5.41, 5.74) is 3.26. The number of benzene rings is 2. The summed E-state index contributed by atoms with van der Waals surface area (Å²) in [4.78, 5) is 12.3. The number of nitrogens with one attached hydrogen (secondary N) is 3. The Morgan fingerprint density at radius 2 is 1.97 bits per heavy atom. The molecule has 2 heterocycles. The second-order valence-corrected chi connectivity index (χ2v) is 9.72. The average molecular weight is 498 g/mol. The highest BCUT2D eigenvalue weighted by Gasteiger charge is 2.25. The van der Waals surface area contributed by atoms with Gasteiger partial charge in [-0.25, -0.2) is 14.4 Å². The first kappa shape index (κ1) is 22.9. The highest BCUT2D eigenvalue weighted by Crippen LogP contribution is 2.30. The molecule has 4 aromatic rings.